The van der Waals surface area contributed by atoms with E-state index in [0.717, 1.165) is 37.6 Å². The lowest BCUT2D eigenvalue weighted by atomic mass is 9.44. The third kappa shape index (κ3) is 3.54. The van der Waals surface area contributed by atoms with Gasteiger partial charge in [-0.3, -0.25) is 14.6 Å². The van der Waals surface area contributed by atoms with Gasteiger partial charge in [0.2, 0.25) is 11.8 Å². The Kier molecular flexibility index (Phi) is 4.89. The number of methoxy groups -OCH3 is 1. The first kappa shape index (κ1) is 21.8. The van der Waals surface area contributed by atoms with Crippen LogP contribution in [0.3, 0.4) is 0 Å². The molecule has 2 amide bonds. The topological polar surface area (TPSA) is 89.6 Å². The molecule has 1 heterocycles. The van der Waals surface area contributed by atoms with Gasteiger partial charge >= 0.3 is 0 Å². The van der Waals surface area contributed by atoms with E-state index in [1.165, 1.54) is 19.2 Å². The van der Waals surface area contributed by atoms with E-state index in [0.29, 0.717) is 28.9 Å². The maximum atomic E-state index is 13.7. The smallest absolute Gasteiger partial charge is 0.246 e. The lowest BCUT2D eigenvalue weighted by molar-refractivity contribution is -0.153. The summed E-state index contributed by atoms with van der Waals surface area (Å²) >= 11 is 0. The fraction of sp³-hybridized carbons (Fsp3) is 0.577. The molecule has 5 saturated carbocycles. The van der Waals surface area contributed by atoms with Gasteiger partial charge in [0.25, 0.3) is 0 Å². The normalized spacial score (nSPS) is 35.5. The molecule has 0 radical (unpaired) electrons. The summed E-state index contributed by atoms with van der Waals surface area (Å²) in [6.45, 7) is 2.11. The van der Waals surface area contributed by atoms with E-state index in [4.69, 9.17) is 9.47 Å². The Morgan fingerprint density at radius 2 is 1.85 bits per heavy atom. The van der Waals surface area contributed by atoms with Crippen molar-refractivity contribution in [1.29, 1.82) is 0 Å². The van der Waals surface area contributed by atoms with E-state index in [1.54, 1.807) is 18.3 Å². The highest BCUT2D eigenvalue weighted by molar-refractivity contribution is 5.85. The van der Waals surface area contributed by atoms with Crippen LogP contribution in [0.2, 0.25) is 0 Å². The molecule has 8 heteroatoms. The van der Waals surface area contributed by atoms with E-state index in [2.05, 4.69) is 15.6 Å². The number of ether oxygens (including phenoxy) is 2. The standard InChI is InChI=1S/C26H30FN3O4/c1-14(24(32)30-26-11-25(12-26,13-26)29-22(31)10-33-2)23-17-8-16(9-18(17)23)34-21-5-6-28-20-4-3-15(27)7-19(20)21/h3-7,14,16-18,23H,8-13H2,1-2H3,(H,29,31)(H,30,32)/t14?,16-,17-,18+,23-,25?,26?. The first-order valence-corrected chi connectivity index (χ1v) is 12.1. The molecule has 7 nitrogen and oxygen atoms in total. The average molecular weight is 468 g/mol. The van der Waals surface area contributed by atoms with Gasteiger partial charge in [0, 0.05) is 35.7 Å². The minimum atomic E-state index is -0.300. The summed E-state index contributed by atoms with van der Waals surface area (Å²) in [5.74, 6) is 1.78. The Balaban J connectivity index is 0.997. The van der Waals surface area contributed by atoms with Crippen molar-refractivity contribution in [2.75, 3.05) is 13.7 Å². The SMILES string of the molecule is COCC(=O)NC12CC(NC(=O)C(C)[C@@H]3[C@@H]4C[C@@H](Oc5ccnc6ccc(F)cc56)C[C@@H]43)(C1)C2. The van der Waals surface area contributed by atoms with Gasteiger partial charge in [0.15, 0.2) is 0 Å². The molecule has 2 aromatic rings. The number of rotatable bonds is 8. The first-order chi connectivity index (χ1) is 16.3. The first-order valence-electron chi connectivity index (χ1n) is 12.1. The number of nitrogens with zero attached hydrogens (tertiary/aromatic N) is 1. The molecular weight excluding hydrogens is 437 g/mol. The zero-order valence-corrected chi connectivity index (χ0v) is 19.5. The highest BCUT2D eigenvalue weighted by Crippen LogP contribution is 2.63. The average Bonchev–Trinajstić information content (AvgIpc) is 3.25. The summed E-state index contributed by atoms with van der Waals surface area (Å²) in [6, 6.07) is 6.35. The molecule has 0 spiro atoms. The highest BCUT2D eigenvalue weighted by atomic mass is 19.1. The van der Waals surface area contributed by atoms with Crippen molar-refractivity contribution in [2.24, 2.45) is 23.7 Å². The summed E-state index contributed by atoms with van der Waals surface area (Å²) in [5, 5.41) is 7.02. The number of amides is 2. The van der Waals surface area contributed by atoms with Gasteiger partial charge in [-0.1, -0.05) is 6.92 Å². The second-order valence-corrected chi connectivity index (χ2v) is 10.9. The number of fused-ring (bicyclic) bond motifs is 2. The minimum Gasteiger partial charge on any atom is -0.490 e. The van der Waals surface area contributed by atoms with Crippen LogP contribution in [0.15, 0.2) is 30.5 Å². The van der Waals surface area contributed by atoms with Crippen LogP contribution < -0.4 is 15.4 Å². The number of pyridine rings is 1. The monoisotopic (exact) mass is 467 g/mol. The van der Waals surface area contributed by atoms with Gasteiger partial charge < -0.3 is 20.1 Å². The van der Waals surface area contributed by atoms with Crippen molar-refractivity contribution in [3.8, 4) is 5.75 Å². The Hall–Kier alpha value is -2.74. The van der Waals surface area contributed by atoms with Gasteiger partial charge in [0.05, 0.1) is 11.6 Å². The third-order valence-electron chi connectivity index (χ3n) is 8.51. The van der Waals surface area contributed by atoms with Crippen LogP contribution in [0.25, 0.3) is 10.9 Å². The van der Waals surface area contributed by atoms with Crippen molar-refractivity contribution >= 4 is 22.7 Å². The van der Waals surface area contributed by atoms with E-state index in [9.17, 15) is 14.0 Å². The third-order valence-corrected chi connectivity index (χ3v) is 8.51. The molecule has 5 aliphatic rings. The number of hydrogen-bond donors (Lipinski definition) is 2. The van der Waals surface area contributed by atoms with Crippen LogP contribution in [-0.4, -0.2) is 47.7 Å². The number of nitrogens with one attached hydrogen (secondary N) is 2. The van der Waals surface area contributed by atoms with Gasteiger partial charge in [-0.15, -0.1) is 0 Å². The molecule has 1 unspecified atom stereocenters. The molecule has 180 valence electrons. The van der Waals surface area contributed by atoms with E-state index in [-0.39, 0.29) is 47.3 Å². The van der Waals surface area contributed by atoms with Crippen LogP contribution >= 0.6 is 0 Å². The van der Waals surface area contributed by atoms with Gasteiger partial charge in [-0.05, 0) is 74.1 Å². The molecule has 5 aliphatic carbocycles. The molecule has 0 aliphatic heterocycles. The Morgan fingerprint density at radius 1 is 1.15 bits per heavy atom. The molecule has 1 aromatic heterocycles. The van der Waals surface area contributed by atoms with E-state index >= 15 is 0 Å². The van der Waals surface area contributed by atoms with E-state index < -0.39 is 0 Å². The molecule has 5 atom stereocenters. The predicted molar refractivity (Wildman–Crippen MR) is 122 cm³/mol. The summed E-state index contributed by atoms with van der Waals surface area (Å²) in [5.41, 5.74) is 0.435. The number of benzene rings is 1. The zero-order chi connectivity index (χ0) is 23.7. The maximum absolute atomic E-state index is 13.7. The zero-order valence-electron chi connectivity index (χ0n) is 19.5. The van der Waals surface area contributed by atoms with Gasteiger partial charge in [-0.2, -0.15) is 0 Å². The van der Waals surface area contributed by atoms with Crippen LogP contribution in [0.4, 0.5) is 4.39 Å². The Morgan fingerprint density at radius 3 is 2.56 bits per heavy atom. The van der Waals surface area contributed by atoms with Crippen LogP contribution in [0, 0.1) is 29.5 Å². The molecular formula is C26H30FN3O4. The number of halogens is 1. The summed E-state index contributed by atoms with van der Waals surface area (Å²) in [6.07, 6.45) is 6.05. The van der Waals surface area contributed by atoms with E-state index in [1.807, 2.05) is 6.92 Å². The molecule has 2 bridgehead atoms. The Labute approximate surface area is 197 Å². The van der Waals surface area contributed by atoms with Gasteiger partial charge in [0.1, 0.15) is 18.2 Å². The summed E-state index contributed by atoms with van der Waals surface area (Å²) in [4.78, 5) is 29.1. The van der Waals surface area contributed by atoms with Crippen LogP contribution in [-0.2, 0) is 14.3 Å². The van der Waals surface area contributed by atoms with Crippen molar-refractivity contribution in [1.82, 2.24) is 15.6 Å². The second-order valence-electron chi connectivity index (χ2n) is 10.9. The maximum Gasteiger partial charge on any atom is 0.246 e. The van der Waals surface area contributed by atoms with Crippen molar-refractivity contribution in [2.45, 2.75) is 56.2 Å². The number of hydrogen-bond acceptors (Lipinski definition) is 5. The van der Waals surface area contributed by atoms with Crippen LogP contribution in [0.1, 0.15) is 39.0 Å². The number of aromatic nitrogens is 1. The highest BCUT2D eigenvalue weighted by Gasteiger charge is 2.70. The van der Waals surface area contributed by atoms with Crippen molar-refractivity contribution in [3.63, 3.8) is 0 Å². The quantitative estimate of drug-likeness (QED) is 0.623. The van der Waals surface area contributed by atoms with Crippen molar-refractivity contribution < 1.29 is 23.5 Å². The fourth-order valence-corrected chi connectivity index (χ4v) is 7.12. The molecule has 0 saturated heterocycles. The molecule has 7 rings (SSSR count). The summed E-state index contributed by atoms with van der Waals surface area (Å²) in [7, 11) is 1.51. The van der Waals surface area contributed by atoms with Crippen molar-refractivity contribution in [3.05, 3.63) is 36.3 Å². The van der Waals surface area contributed by atoms with Crippen LogP contribution in [0.5, 0.6) is 5.75 Å². The molecule has 34 heavy (non-hydrogen) atoms. The Bertz CT molecular complexity index is 1140. The molecule has 1 aromatic carbocycles. The number of carbonyl (C=O) groups excluding carboxylic acids is 2. The molecule has 5 fully saturated rings. The fourth-order valence-electron chi connectivity index (χ4n) is 7.12. The number of carbonyl (C=O) groups is 2. The minimum absolute atomic E-state index is 0.0279. The predicted octanol–water partition coefficient (Wildman–Crippen LogP) is 2.97. The summed E-state index contributed by atoms with van der Waals surface area (Å²) < 4.78 is 24.9. The largest absolute Gasteiger partial charge is 0.490 e. The second kappa shape index (κ2) is 7.63. The van der Waals surface area contributed by atoms with Gasteiger partial charge in [-0.25, -0.2) is 4.39 Å². The lowest BCUT2D eigenvalue weighted by Crippen LogP contribution is -2.84. The lowest BCUT2D eigenvalue weighted by Gasteiger charge is -2.70. The molecule has 2 N–H and O–H groups in total.